The second-order valence-electron chi connectivity index (χ2n) is 5.21. The van der Waals surface area contributed by atoms with E-state index in [4.69, 9.17) is 0 Å². The summed E-state index contributed by atoms with van der Waals surface area (Å²) in [5.74, 6) is 0. The molecule has 0 saturated carbocycles. The molecular formula is C19H24N+. The molecule has 1 unspecified atom stereocenters. The lowest BCUT2D eigenvalue weighted by molar-refractivity contribution is -0.428. The van der Waals surface area contributed by atoms with E-state index in [9.17, 15) is 0 Å². The lowest BCUT2D eigenvalue weighted by Crippen LogP contribution is -2.53. The molecule has 0 heterocycles. The first-order valence-electron chi connectivity index (χ1n) is 7.46. The van der Waals surface area contributed by atoms with Gasteiger partial charge < -0.3 is 5.73 Å². The summed E-state index contributed by atoms with van der Waals surface area (Å²) in [5.41, 5.74) is 6.89. The molecule has 3 N–H and O–H groups in total. The van der Waals surface area contributed by atoms with Crippen LogP contribution in [0.5, 0.6) is 0 Å². The SMILES string of the molecule is [NH3+]C(CCCC/C=C/c1ccccc1)c1ccccc1. The minimum atomic E-state index is 0.425. The summed E-state index contributed by atoms with van der Waals surface area (Å²) in [5, 5.41) is 0. The maximum Gasteiger partial charge on any atom is 0.110 e. The Morgan fingerprint density at radius 3 is 2.20 bits per heavy atom. The van der Waals surface area contributed by atoms with Crippen LogP contribution in [0.15, 0.2) is 66.7 Å². The molecule has 0 amide bonds. The lowest BCUT2D eigenvalue weighted by atomic mass is 10.0. The van der Waals surface area contributed by atoms with Gasteiger partial charge in [-0.25, -0.2) is 0 Å². The molecule has 0 aliphatic carbocycles. The Labute approximate surface area is 122 Å². The molecule has 0 aliphatic rings. The van der Waals surface area contributed by atoms with E-state index in [0.29, 0.717) is 6.04 Å². The van der Waals surface area contributed by atoms with Gasteiger partial charge in [0.2, 0.25) is 0 Å². The summed E-state index contributed by atoms with van der Waals surface area (Å²) >= 11 is 0. The Kier molecular flexibility index (Phi) is 6.07. The Bertz CT molecular complexity index is 502. The van der Waals surface area contributed by atoms with E-state index in [1.165, 1.54) is 30.4 Å². The summed E-state index contributed by atoms with van der Waals surface area (Å²) < 4.78 is 0. The van der Waals surface area contributed by atoms with Gasteiger partial charge in [0.05, 0.1) is 0 Å². The van der Waals surface area contributed by atoms with Gasteiger partial charge in [0, 0.05) is 12.0 Å². The van der Waals surface area contributed by atoms with Crippen LogP contribution < -0.4 is 5.73 Å². The molecule has 0 bridgehead atoms. The summed E-state index contributed by atoms with van der Waals surface area (Å²) in [4.78, 5) is 0. The van der Waals surface area contributed by atoms with Crippen LogP contribution in [0.1, 0.15) is 42.9 Å². The van der Waals surface area contributed by atoms with E-state index < -0.39 is 0 Å². The fourth-order valence-electron chi connectivity index (χ4n) is 2.33. The van der Waals surface area contributed by atoms with Gasteiger partial charge >= 0.3 is 0 Å². The van der Waals surface area contributed by atoms with Crippen LogP contribution in [-0.4, -0.2) is 0 Å². The number of unbranched alkanes of at least 4 members (excludes halogenated alkanes) is 2. The number of benzene rings is 2. The molecule has 1 atom stereocenters. The van der Waals surface area contributed by atoms with Crippen molar-refractivity contribution >= 4 is 6.08 Å². The van der Waals surface area contributed by atoms with Crippen molar-refractivity contribution in [3.8, 4) is 0 Å². The summed E-state index contributed by atoms with van der Waals surface area (Å²) in [6, 6.07) is 21.5. The molecule has 2 aromatic rings. The normalized spacial score (nSPS) is 12.7. The Morgan fingerprint density at radius 1 is 0.850 bits per heavy atom. The molecule has 1 heteroatoms. The largest absolute Gasteiger partial charge is 0.351 e. The number of hydrogen-bond acceptors (Lipinski definition) is 0. The summed E-state index contributed by atoms with van der Waals surface area (Å²) in [7, 11) is 0. The average molecular weight is 266 g/mol. The van der Waals surface area contributed by atoms with Gasteiger partial charge in [0.1, 0.15) is 6.04 Å². The van der Waals surface area contributed by atoms with Crippen LogP contribution in [0.2, 0.25) is 0 Å². The van der Waals surface area contributed by atoms with Gasteiger partial charge in [-0.05, 0) is 24.8 Å². The Balaban J connectivity index is 1.63. The second kappa shape index (κ2) is 8.34. The molecule has 0 radical (unpaired) electrons. The van der Waals surface area contributed by atoms with E-state index in [-0.39, 0.29) is 0 Å². The zero-order valence-electron chi connectivity index (χ0n) is 12.0. The standard InChI is InChI=1S/C19H23N/c20-19(18-14-8-4-9-15-18)16-10-2-1-5-11-17-12-6-3-7-13-17/h3-9,11-15,19H,1-2,10,16,20H2/p+1/b11-5+. The van der Waals surface area contributed by atoms with Crippen LogP contribution in [-0.2, 0) is 0 Å². The van der Waals surface area contributed by atoms with Crippen molar-refractivity contribution in [1.29, 1.82) is 0 Å². The van der Waals surface area contributed by atoms with Crippen molar-refractivity contribution in [2.75, 3.05) is 0 Å². The van der Waals surface area contributed by atoms with Crippen molar-refractivity contribution in [3.63, 3.8) is 0 Å². The third-order valence-corrected chi connectivity index (χ3v) is 3.55. The highest BCUT2D eigenvalue weighted by molar-refractivity contribution is 5.48. The topological polar surface area (TPSA) is 27.6 Å². The molecule has 104 valence electrons. The Hall–Kier alpha value is -1.86. The molecule has 1 nitrogen and oxygen atoms in total. The number of allylic oxidation sites excluding steroid dienone is 1. The minimum absolute atomic E-state index is 0.425. The van der Waals surface area contributed by atoms with Crippen LogP contribution in [0.4, 0.5) is 0 Å². The average Bonchev–Trinajstić information content (AvgIpc) is 2.52. The van der Waals surface area contributed by atoms with Gasteiger partial charge in [-0.15, -0.1) is 0 Å². The molecule has 0 spiro atoms. The Morgan fingerprint density at radius 2 is 1.50 bits per heavy atom. The van der Waals surface area contributed by atoms with Crippen LogP contribution in [0.3, 0.4) is 0 Å². The van der Waals surface area contributed by atoms with Gasteiger partial charge in [-0.1, -0.05) is 72.8 Å². The second-order valence-corrected chi connectivity index (χ2v) is 5.21. The molecule has 0 fully saturated rings. The molecular weight excluding hydrogens is 242 g/mol. The van der Waals surface area contributed by atoms with E-state index in [0.717, 1.165) is 6.42 Å². The smallest absolute Gasteiger partial charge is 0.110 e. The van der Waals surface area contributed by atoms with Crippen molar-refractivity contribution in [2.45, 2.75) is 31.7 Å². The number of hydrogen-bond donors (Lipinski definition) is 1. The molecule has 0 aromatic heterocycles. The van der Waals surface area contributed by atoms with Crippen LogP contribution in [0.25, 0.3) is 6.08 Å². The van der Waals surface area contributed by atoms with Gasteiger partial charge in [-0.2, -0.15) is 0 Å². The highest BCUT2D eigenvalue weighted by Gasteiger charge is 2.07. The third kappa shape index (κ3) is 5.02. The van der Waals surface area contributed by atoms with Crippen LogP contribution >= 0.6 is 0 Å². The zero-order valence-corrected chi connectivity index (χ0v) is 12.0. The fraction of sp³-hybridized carbons (Fsp3) is 0.263. The first-order valence-corrected chi connectivity index (χ1v) is 7.46. The molecule has 2 aromatic carbocycles. The maximum absolute atomic E-state index is 4.26. The van der Waals surface area contributed by atoms with Crippen molar-refractivity contribution in [2.24, 2.45) is 0 Å². The van der Waals surface area contributed by atoms with Gasteiger partial charge in [0.25, 0.3) is 0 Å². The maximum atomic E-state index is 4.26. The molecule has 20 heavy (non-hydrogen) atoms. The summed E-state index contributed by atoms with van der Waals surface area (Å²) in [6.07, 6.45) is 9.28. The van der Waals surface area contributed by atoms with Gasteiger partial charge in [-0.3, -0.25) is 0 Å². The van der Waals surface area contributed by atoms with Crippen molar-refractivity contribution < 1.29 is 5.73 Å². The fourth-order valence-corrected chi connectivity index (χ4v) is 2.33. The first kappa shape index (κ1) is 14.5. The molecule has 0 aliphatic heterocycles. The quantitative estimate of drug-likeness (QED) is 0.726. The van der Waals surface area contributed by atoms with Gasteiger partial charge in [0.15, 0.2) is 0 Å². The van der Waals surface area contributed by atoms with E-state index in [1.54, 1.807) is 0 Å². The minimum Gasteiger partial charge on any atom is -0.351 e. The monoisotopic (exact) mass is 266 g/mol. The van der Waals surface area contributed by atoms with E-state index in [1.807, 2.05) is 0 Å². The third-order valence-electron chi connectivity index (χ3n) is 3.55. The predicted molar refractivity (Wildman–Crippen MR) is 86.0 cm³/mol. The number of rotatable bonds is 7. The number of quaternary nitrogens is 1. The van der Waals surface area contributed by atoms with E-state index >= 15 is 0 Å². The van der Waals surface area contributed by atoms with Crippen LogP contribution in [0, 0.1) is 0 Å². The zero-order chi connectivity index (χ0) is 14.0. The van der Waals surface area contributed by atoms with E-state index in [2.05, 4.69) is 78.5 Å². The highest BCUT2D eigenvalue weighted by atomic mass is 14.6. The predicted octanol–water partition coefficient (Wildman–Crippen LogP) is 4.24. The summed E-state index contributed by atoms with van der Waals surface area (Å²) in [6.45, 7) is 0. The highest BCUT2D eigenvalue weighted by Crippen LogP contribution is 2.15. The molecule has 0 saturated heterocycles. The lowest BCUT2D eigenvalue weighted by Gasteiger charge is -2.07. The first-order chi connectivity index (χ1) is 9.86. The molecule has 2 rings (SSSR count). The van der Waals surface area contributed by atoms with Crippen molar-refractivity contribution in [1.82, 2.24) is 0 Å². The van der Waals surface area contributed by atoms with Crippen molar-refractivity contribution in [3.05, 3.63) is 77.9 Å².